The highest BCUT2D eigenvalue weighted by Gasteiger charge is 2.26. The average molecular weight is 344 g/mol. The molecule has 0 aliphatic heterocycles. The van der Waals surface area contributed by atoms with Crippen LogP contribution < -0.4 is 0 Å². The van der Waals surface area contributed by atoms with Crippen molar-refractivity contribution in [1.29, 1.82) is 0 Å². The molecule has 0 aromatic carbocycles. The molecule has 0 heterocycles. The predicted molar refractivity (Wildman–Crippen MR) is 103 cm³/mol. The van der Waals surface area contributed by atoms with Crippen LogP contribution in [0.4, 0.5) is 0 Å². The summed E-state index contributed by atoms with van der Waals surface area (Å²) in [4.78, 5) is 22.1. The Hall–Kier alpha value is -1.90. The molecule has 3 nitrogen and oxygen atoms in total. The monoisotopic (exact) mass is 344 g/mol. The minimum atomic E-state index is -0.558. The first-order valence-corrected chi connectivity index (χ1v) is 9.06. The van der Waals surface area contributed by atoms with Crippen LogP contribution in [0.5, 0.6) is 0 Å². The first kappa shape index (κ1) is 21.1. The Balaban J connectivity index is 2.63. The molecule has 138 valence electrons. The Morgan fingerprint density at radius 1 is 1.28 bits per heavy atom. The molecule has 1 aliphatic rings. The molecule has 0 fully saturated rings. The number of rotatable bonds is 6. The summed E-state index contributed by atoms with van der Waals surface area (Å²) in [7, 11) is 0. The number of carbonyl (C=O) groups is 2. The molecule has 1 unspecified atom stereocenters. The summed E-state index contributed by atoms with van der Waals surface area (Å²) >= 11 is 0. The summed E-state index contributed by atoms with van der Waals surface area (Å²) in [6.45, 7) is 12.1. The van der Waals surface area contributed by atoms with Crippen molar-refractivity contribution in [1.82, 2.24) is 0 Å². The van der Waals surface area contributed by atoms with E-state index in [2.05, 4.69) is 44.6 Å². The van der Waals surface area contributed by atoms with Gasteiger partial charge in [-0.3, -0.25) is 9.59 Å². The van der Waals surface area contributed by atoms with Gasteiger partial charge in [0.15, 0.2) is 0 Å². The number of hydrogen-bond donors (Lipinski definition) is 0. The Labute approximate surface area is 152 Å². The third-order valence-electron chi connectivity index (χ3n) is 4.60. The lowest BCUT2D eigenvalue weighted by Crippen LogP contribution is -2.19. The Bertz CT molecular complexity index is 615. The largest absolute Gasteiger partial charge is 0.393 e. The Kier molecular flexibility index (Phi) is 8.08. The molecule has 1 atom stereocenters. The number of esters is 2. The summed E-state index contributed by atoms with van der Waals surface area (Å²) in [5, 5.41) is 0. The van der Waals surface area contributed by atoms with E-state index >= 15 is 0 Å². The van der Waals surface area contributed by atoms with Crippen molar-refractivity contribution in [2.24, 2.45) is 11.3 Å². The smallest absolute Gasteiger partial charge is 0.314 e. The van der Waals surface area contributed by atoms with Gasteiger partial charge >= 0.3 is 11.9 Å². The summed E-state index contributed by atoms with van der Waals surface area (Å²) in [5.74, 6) is -1.01. The SMILES string of the molecule is CC(=O)OC(=O)CC(C)/C=C/C=C(C)\C=C\C1=C(C)CCCC1(C)C. The van der Waals surface area contributed by atoms with E-state index < -0.39 is 11.9 Å². The van der Waals surface area contributed by atoms with Gasteiger partial charge in [-0.1, -0.05) is 62.3 Å². The van der Waals surface area contributed by atoms with Crippen LogP contribution in [0.15, 0.2) is 47.1 Å². The van der Waals surface area contributed by atoms with Crippen LogP contribution in [0.2, 0.25) is 0 Å². The number of carbonyl (C=O) groups excluding carboxylic acids is 2. The van der Waals surface area contributed by atoms with Gasteiger partial charge in [0.25, 0.3) is 0 Å². The molecule has 3 heteroatoms. The van der Waals surface area contributed by atoms with Gasteiger partial charge in [-0.05, 0) is 50.0 Å². The fourth-order valence-electron chi connectivity index (χ4n) is 3.21. The van der Waals surface area contributed by atoms with Gasteiger partial charge in [-0.25, -0.2) is 0 Å². The topological polar surface area (TPSA) is 43.4 Å². The third kappa shape index (κ3) is 7.68. The van der Waals surface area contributed by atoms with E-state index in [1.807, 2.05) is 25.2 Å². The molecule has 0 saturated heterocycles. The van der Waals surface area contributed by atoms with Gasteiger partial charge in [-0.2, -0.15) is 0 Å². The molecule has 25 heavy (non-hydrogen) atoms. The van der Waals surface area contributed by atoms with Crippen LogP contribution in [0.1, 0.15) is 67.2 Å². The fraction of sp³-hybridized carbons (Fsp3) is 0.545. The highest BCUT2D eigenvalue weighted by atomic mass is 16.6. The van der Waals surface area contributed by atoms with E-state index in [4.69, 9.17) is 0 Å². The van der Waals surface area contributed by atoms with Crippen LogP contribution in [-0.2, 0) is 14.3 Å². The van der Waals surface area contributed by atoms with Gasteiger partial charge in [0.2, 0.25) is 0 Å². The standard InChI is InChI=1S/C22H32O3/c1-16(9-7-10-17(2)15-21(24)25-19(4)23)12-13-20-18(3)11-8-14-22(20,5)6/h7,9-10,12-13,17H,8,11,14-15H2,1-6H3/b10-7+,13-12+,16-9-. The normalized spacial score (nSPS) is 19.5. The maximum atomic E-state index is 11.4. The second-order valence-electron chi connectivity index (χ2n) is 7.71. The zero-order valence-corrected chi connectivity index (χ0v) is 16.5. The summed E-state index contributed by atoms with van der Waals surface area (Å²) < 4.78 is 4.54. The molecule has 0 radical (unpaired) electrons. The molecular formula is C22H32O3. The zero-order valence-electron chi connectivity index (χ0n) is 16.5. The number of allylic oxidation sites excluding steroid dienone is 8. The molecule has 0 saturated carbocycles. The molecule has 0 aromatic heterocycles. The maximum absolute atomic E-state index is 11.4. The van der Waals surface area contributed by atoms with E-state index in [1.165, 1.54) is 37.3 Å². The first-order chi connectivity index (χ1) is 11.6. The second-order valence-corrected chi connectivity index (χ2v) is 7.71. The van der Waals surface area contributed by atoms with Gasteiger partial charge in [-0.15, -0.1) is 0 Å². The third-order valence-corrected chi connectivity index (χ3v) is 4.60. The van der Waals surface area contributed by atoms with E-state index in [1.54, 1.807) is 0 Å². The maximum Gasteiger partial charge on any atom is 0.314 e. The number of hydrogen-bond acceptors (Lipinski definition) is 3. The van der Waals surface area contributed by atoms with Gasteiger partial charge in [0, 0.05) is 6.92 Å². The van der Waals surface area contributed by atoms with Gasteiger partial charge in [0.1, 0.15) is 0 Å². The molecule has 0 aromatic rings. The Morgan fingerprint density at radius 2 is 1.96 bits per heavy atom. The van der Waals surface area contributed by atoms with Crippen molar-refractivity contribution >= 4 is 11.9 Å². The van der Waals surface area contributed by atoms with Crippen molar-refractivity contribution in [2.75, 3.05) is 0 Å². The summed E-state index contributed by atoms with van der Waals surface area (Å²) in [5.41, 5.74) is 4.36. The van der Waals surface area contributed by atoms with Crippen LogP contribution in [0.25, 0.3) is 0 Å². The molecular weight excluding hydrogens is 312 g/mol. The molecule has 1 rings (SSSR count). The van der Waals surface area contributed by atoms with E-state index in [-0.39, 0.29) is 17.8 Å². The molecule has 0 N–H and O–H groups in total. The molecule has 0 bridgehead atoms. The van der Waals surface area contributed by atoms with Crippen molar-refractivity contribution in [2.45, 2.75) is 67.2 Å². The van der Waals surface area contributed by atoms with Gasteiger partial charge in [0.05, 0.1) is 6.42 Å². The highest BCUT2D eigenvalue weighted by Crippen LogP contribution is 2.40. The highest BCUT2D eigenvalue weighted by molar-refractivity contribution is 5.84. The van der Waals surface area contributed by atoms with E-state index in [9.17, 15) is 9.59 Å². The molecule has 0 spiro atoms. The lowest BCUT2D eigenvalue weighted by molar-refractivity contribution is -0.158. The molecule has 0 amide bonds. The number of ether oxygens (including phenoxy) is 1. The quantitative estimate of drug-likeness (QED) is 0.353. The first-order valence-electron chi connectivity index (χ1n) is 9.06. The summed E-state index contributed by atoms with van der Waals surface area (Å²) in [6, 6.07) is 0. The van der Waals surface area contributed by atoms with Crippen LogP contribution in [0.3, 0.4) is 0 Å². The fourth-order valence-corrected chi connectivity index (χ4v) is 3.21. The van der Waals surface area contributed by atoms with Crippen molar-refractivity contribution in [3.63, 3.8) is 0 Å². The van der Waals surface area contributed by atoms with E-state index in [0.29, 0.717) is 0 Å². The van der Waals surface area contributed by atoms with Gasteiger partial charge < -0.3 is 4.74 Å². The minimum Gasteiger partial charge on any atom is -0.393 e. The van der Waals surface area contributed by atoms with Crippen molar-refractivity contribution in [3.8, 4) is 0 Å². The zero-order chi connectivity index (χ0) is 19.0. The lowest BCUT2D eigenvalue weighted by Gasteiger charge is -2.32. The van der Waals surface area contributed by atoms with Crippen LogP contribution in [-0.4, -0.2) is 11.9 Å². The lowest BCUT2D eigenvalue weighted by atomic mass is 9.72. The van der Waals surface area contributed by atoms with E-state index in [0.717, 1.165) is 5.57 Å². The van der Waals surface area contributed by atoms with Crippen LogP contribution in [0, 0.1) is 11.3 Å². The average Bonchev–Trinajstić information content (AvgIpc) is 2.44. The minimum absolute atomic E-state index is 0.0297. The Morgan fingerprint density at radius 3 is 2.56 bits per heavy atom. The summed E-state index contributed by atoms with van der Waals surface area (Å²) in [6.07, 6.45) is 14.3. The predicted octanol–water partition coefficient (Wildman–Crippen LogP) is 5.69. The molecule has 1 aliphatic carbocycles. The second kappa shape index (κ2) is 9.55. The van der Waals surface area contributed by atoms with Crippen molar-refractivity contribution in [3.05, 3.63) is 47.1 Å². The van der Waals surface area contributed by atoms with Crippen molar-refractivity contribution < 1.29 is 14.3 Å². The van der Waals surface area contributed by atoms with Crippen LogP contribution >= 0.6 is 0 Å².